The summed E-state index contributed by atoms with van der Waals surface area (Å²) in [5.74, 6) is 3.86. The van der Waals surface area contributed by atoms with E-state index in [0.29, 0.717) is 36.1 Å². The van der Waals surface area contributed by atoms with E-state index in [-0.39, 0.29) is 0 Å². The van der Waals surface area contributed by atoms with Crippen molar-refractivity contribution < 1.29 is 13.7 Å². The van der Waals surface area contributed by atoms with Crippen LogP contribution >= 0.6 is 0 Å². The zero-order valence-electron chi connectivity index (χ0n) is 26.8. The van der Waals surface area contributed by atoms with Crippen LogP contribution in [0, 0.1) is 40.4 Å². The van der Waals surface area contributed by atoms with E-state index >= 15 is 0 Å². The second-order valence-corrected chi connectivity index (χ2v) is 25.2. The summed E-state index contributed by atoms with van der Waals surface area (Å²) < 4.78 is 13.1. The lowest BCUT2D eigenvalue weighted by atomic mass is 9.44. The van der Waals surface area contributed by atoms with Gasteiger partial charge in [0.1, 0.15) is 6.61 Å². The molecule has 0 radical (unpaired) electrons. The van der Waals surface area contributed by atoms with Crippen LogP contribution in [0.1, 0.15) is 77.2 Å². The molecule has 0 saturated heterocycles. The normalized spacial score (nSPS) is 38.4. The van der Waals surface area contributed by atoms with Gasteiger partial charge in [0.2, 0.25) is 0 Å². The lowest BCUT2D eigenvalue weighted by Crippen LogP contribution is -2.55. The molecule has 8 atom stereocenters. The van der Waals surface area contributed by atoms with E-state index < -0.39 is 16.6 Å². The van der Waals surface area contributed by atoms with E-state index in [1.807, 2.05) is 0 Å². The molecule has 0 aliphatic heterocycles. The minimum atomic E-state index is -1.66. The zero-order chi connectivity index (χ0) is 28.8. The van der Waals surface area contributed by atoms with E-state index in [1.54, 1.807) is 0 Å². The Morgan fingerprint density at radius 3 is 2.23 bits per heavy atom. The van der Waals surface area contributed by atoms with Crippen molar-refractivity contribution in [2.24, 2.45) is 45.6 Å². The first-order valence-corrected chi connectivity index (χ1v) is 23.1. The predicted molar refractivity (Wildman–Crippen MR) is 171 cm³/mol. The minimum Gasteiger partial charge on any atom is -0.415 e. The second kappa shape index (κ2) is 11.6. The maximum Gasteiger partial charge on any atom is 0.184 e. The van der Waals surface area contributed by atoms with E-state index in [2.05, 4.69) is 83.5 Å². The van der Waals surface area contributed by atoms with E-state index in [1.165, 1.54) is 69.1 Å². The number of nitrogens with zero attached hydrogens (tertiary/aromatic N) is 1. The molecule has 1 aromatic rings. The van der Waals surface area contributed by atoms with Crippen molar-refractivity contribution in [1.82, 2.24) is 0 Å². The van der Waals surface area contributed by atoms with E-state index in [0.717, 1.165) is 23.7 Å². The Morgan fingerprint density at radius 1 is 0.825 bits per heavy atom. The number of rotatable bonds is 9. The molecule has 0 unspecified atom stereocenters. The highest BCUT2D eigenvalue weighted by Crippen LogP contribution is 2.67. The Hall–Kier alpha value is -0.956. The van der Waals surface area contributed by atoms with Gasteiger partial charge < -0.3 is 13.7 Å². The largest absolute Gasteiger partial charge is 0.415 e. The molecular formula is C34H57NO3Si2. The van der Waals surface area contributed by atoms with Gasteiger partial charge in [0, 0.05) is 12.0 Å². The molecule has 0 N–H and O–H groups in total. The summed E-state index contributed by atoms with van der Waals surface area (Å²) in [6, 6.07) is 10.4. The topological polar surface area (TPSA) is 40.0 Å². The minimum absolute atomic E-state index is 0.306. The van der Waals surface area contributed by atoms with Crippen molar-refractivity contribution in [3.63, 3.8) is 0 Å². The highest BCUT2D eigenvalue weighted by molar-refractivity contribution is 6.70. The van der Waals surface area contributed by atoms with Crippen LogP contribution in [-0.2, 0) is 20.3 Å². The molecular weight excluding hydrogens is 527 g/mol. The number of fused-ring (bicyclic) bond motifs is 5. The maximum atomic E-state index is 6.65. The van der Waals surface area contributed by atoms with E-state index in [9.17, 15) is 0 Å². The fourth-order valence-corrected chi connectivity index (χ4v) is 11.4. The Morgan fingerprint density at radius 2 is 1.52 bits per heavy atom. The SMILES string of the molecule is C[C@]12CC[C@@H](O[Si](C)(C)C)C[C@H]1CC[C@@H]1[C@@H]2CC[C@]2(C)[C@@H](/C(CO[Si](C)(C)C)=N/OCc3ccccc3)CC[C@@H]12. The second-order valence-electron chi connectivity index (χ2n) is 16.2. The number of hydrogen-bond acceptors (Lipinski definition) is 4. The Balaban J connectivity index is 1.31. The van der Waals surface area contributed by atoms with Crippen LogP contribution in [0.3, 0.4) is 0 Å². The summed E-state index contributed by atoms with van der Waals surface area (Å²) in [7, 11) is -3.15. The molecule has 6 heteroatoms. The van der Waals surface area contributed by atoms with Crippen molar-refractivity contribution in [2.45, 2.75) is 124 Å². The molecule has 4 aliphatic rings. The van der Waals surface area contributed by atoms with Gasteiger partial charge in [-0.3, -0.25) is 0 Å². The first-order chi connectivity index (χ1) is 18.8. The Labute approximate surface area is 247 Å². The number of benzene rings is 1. The van der Waals surface area contributed by atoms with Crippen LogP contribution in [0.25, 0.3) is 0 Å². The van der Waals surface area contributed by atoms with Gasteiger partial charge in [0.15, 0.2) is 16.6 Å². The summed E-state index contributed by atoms with van der Waals surface area (Å²) in [4.78, 5) is 6.04. The molecule has 4 nitrogen and oxygen atoms in total. The summed E-state index contributed by atoms with van der Waals surface area (Å²) in [5, 5.41) is 4.86. The van der Waals surface area contributed by atoms with Gasteiger partial charge in [-0.1, -0.05) is 49.3 Å². The van der Waals surface area contributed by atoms with Gasteiger partial charge in [-0.15, -0.1) is 0 Å². The molecule has 0 bridgehead atoms. The molecule has 224 valence electrons. The Kier molecular flexibility index (Phi) is 8.86. The summed E-state index contributed by atoms with van der Waals surface area (Å²) in [6.07, 6.45) is 12.6. The van der Waals surface area contributed by atoms with Gasteiger partial charge in [-0.25, -0.2) is 0 Å². The van der Waals surface area contributed by atoms with Crippen LogP contribution < -0.4 is 0 Å². The van der Waals surface area contributed by atoms with Crippen molar-refractivity contribution in [3.8, 4) is 0 Å². The van der Waals surface area contributed by atoms with Gasteiger partial charge in [-0.05, 0) is 137 Å². The van der Waals surface area contributed by atoms with Gasteiger partial charge in [-0.2, -0.15) is 0 Å². The standard InChI is InChI=1S/C34H57NO3Si2/c1-33-20-18-27(38-40(6,7)8)22-26(33)14-15-28-29-16-17-31(34(29,2)21-19-30(28)33)32(24-37-39(3,4)5)35-36-23-25-12-10-9-11-13-25/h9-13,26-31H,14-24H2,1-8H3/b35-32+/t26-,27-,28+,29+,30+,31-,33+,34+/m1/s1. The zero-order valence-corrected chi connectivity index (χ0v) is 28.8. The Bertz CT molecular complexity index is 1030. The fraction of sp³-hybridized carbons (Fsp3) is 0.794. The third-order valence-electron chi connectivity index (χ3n) is 11.4. The average molecular weight is 584 g/mol. The number of oxime groups is 1. The summed E-state index contributed by atoms with van der Waals surface area (Å²) in [6.45, 7) is 20.4. The molecule has 0 aromatic heterocycles. The fourth-order valence-electron chi connectivity index (χ4n) is 9.62. The average Bonchev–Trinajstić information content (AvgIpc) is 3.22. The van der Waals surface area contributed by atoms with Gasteiger partial charge in [0.05, 0.1) is 12.3 Å². The first kappa shape index (κ1) is 30.5. The molecule has 40 heavy (non-hydrogen) atoms. The van der Waals surface area contributed by atoms with Crippen LogP contribution in [-0.4, -0.2) is 35.1 Å². The van der Waals surface area contributed by atoms with Crippen molar-refractivity contribution in [2.75, 3.05) is 6.61 Å². The molecule has 5 rings (SSSR count). The molecule has 4 saturated carbocycles. The molecule has 0 spiro atoms. The highest BCUT2D eigenvalue weighted by atomic mass is 28.4. The van der Waals surface area contributed by atoms with Crippen LogP contribution in [0.4, 0.5) is 0 Å². The lowest BCUT2D eigenvalue weighted by Gasteiger charge is -2.61. The smallest absolute Gasteiger partial charge is 0.184 e. The predicted octanol–water partition coefficient (Wildman–Crippen LogP) is 9.29. The van der Waals surface area contributed by atoms with Crippen molar-refractivity contribution in [3.05, 3.63) is 35.9 Å². The summed E-state index contributed by atoms with van der Waals surface area (Å²) in [5.41, 5.74) is 3.15. The monoisotopic (exact) mass is 583 g/mol. The maximum absolute atomic E-state index is 6.65. The van der Waals surface area contributed by atoms with E-state index in [4.69, 9.17) is 18.8 Å². The molecule has 1 aromatic carbocycles. The third-order valence-corrected chi connectivity index (χ3v) is 13.5. The third kappa shape index (κ3) is 6.50. The molecule has 0 heterocycles. The van der Waals surface area contributed by atoms with Crippen LogP contribution in [0.5, 0.6) is 0 Å². The van der Waals surface area contributed by atoms with Crippen LogP contribution in [0.15, 0.2) is 35.5 Å². The highest BCUT2D eigenvalue weighted by Gasteiger charge is 2.61. The van der Waals surface area contributed by atoms with Crippen molar-refractivity contribution in [1.29, 1.82) is 0 Å². The molecule has 4 fully saturated rings. The quantitative estimate of drug-likeness (QED) is 0.165. The first-order valence-electron chi connectivity index (χ1n) is 16.3. The van der Waals surface area contributed by atoms with Gasteiger partial charge >= 0.3 is 0 Å². The van der Waals surface area contributed by atoms with Crippen molar-refractivity contribution >= 4 is 22.3 Å². The lowest BCUT2D eigenvalue weighted by molar-refractivity contribution is -0.121. The summed E-state index contributed by atoms with van der Waals surface area (Å²) >= 11 is 0. The number of hydrogen-bond donors (Lipinski definition) is 0. The molecule has 4 aliphatic carbocycles. The molecule has 0 amide bonds. The van der Waals surface area contributed by atoms with Crippen LogP contribution in [0.2, 0.25) is 39.3 Å². The van der Waals surface area contributed by atoms with Gasteiger partial charge in [0.25, 0.3) is 0 Å².